The Bertz CT molecular complexity index is 1060. The Morgan fingerprint density at radius 2 is 2.00 bits per heavy atom. The molecule has 0 saturated heterocycles. The van der Waals surface area contributed by atoms with Crippen LogP contribution >= 0.6 is 11.6 Å². The molecule has 3 heterocycles. The second kappa shape index (κ2) is 5.58. The molecule has 0 fully saturated rings. The van der Waals surface area contributed by atoms with Crippen molar-refractivity contribution in [2.45, 2.75) is 0 Å². The fraction of sp³-hybridized carbons (Fsp3) is 0. The molecule has 0 aliphatic rings. The maximum Gasteiger partial charge on any atom is 0.222 e. The zero-order chi connectivity index (χ0) is 16.7. The van der Waals surface area contributed by atoms with Crippen LogP contribution in [0.4, 0.5) is 10.1 Å². The SMILES string of the molecule is Nc1cccc(-c2nn3cc(F)ccc3c2-c2ccnc(Cl)n2)c1. The number of hydrogen-bond acceptors (Lipinski definition) is 4. The van der Waals surface area contributed by atoms with Crippen molar-refractivity contribution in [2.24, 2.45) is 0 Å². The van der Waals surface area contributed by atoms with Crippen LogP contribution < -0.4 is 5.73 Å². The number of rotatable bonds is 2. The first-order valence-electron chi connectivity index (χ1n) is 7.14. The van der Waals surface area contributed by atoms with Gasteiger partial charge in [0.05, 0.1) is 23.0 Å². The molecule has 118 valence electrons. The minimum Gasteiger partial charge on any atom is -0.399 e. The maximum absolute atomic E-state index is 13.6. The minimum atomic E-state index is -0.378. The van der Waals surface area contributed by atoms with Crippen LogP contribution in [0.1, 0.15) is 0 Å². The molecule has 0 atom stereocenters. The second-order valence-electron chi connectivity index (χ2n) is 5.24. The first kappa shape index (κ1) is 14.6. The number of fused-ring (bicyclic) bond motifs is 1. The van der Waals surface area contributed by atoms with Crippen LogP contribution in [0.3, 0.4) is 0 Å². The number of nitrogens with zero attached hydrogens (tertiary/aromatic N) is 4. The zero-order valence-corrected chi connectivity index (χ0v) is 13.1. The van der Waals surface area contributed by atoms with Gasteiger partial charge in [0, 0.05) is 17.4 Å². The van der Waals surface area contributed by atoms with Gasteiger partial charge in [-0.3, -0.25) is 0 Å². The quantitative estimate of drug-likeness (QED) is 0.445. The molecule has 0 saturated carbocycles. The van der Waals surface area contributed by atoms with Crippen molar-refractivity contribution in [3.63, 3.8) is 0 Å². The molecule has 7 heteroatoms. The maximum atomic E-state index is 13.6. The standard InChI is InChI=1S/C17H11ClFN5/c18-17-21-7-6-13(22-17)15-14-5-4-11(19)9-24(14)23-16(15)10-2-1-3-12(20)8-10/h1-9H,20H2. The molecule has 0 spiro atoms. The van der Waals surface area contributed by atoms with E-state index in [1.807, 2.05) is 18.2 Å². The largest absolute Gasteiger partial charge is 0.399 e. The summed E-state index contributed by atoms with van der Waals surface area (Å²) < 4.78 is 15.1. The molecule has 0 aliphatic carbocycles. The van der Waals surface area contributed by atoms with E-state index in [1.165, 1.54) is 16.8 Å². The highest BCUT2D eigenvalue weighted by Crippen LogP contribution is 2.35. The second-order valence-corrected chi connectivity index (χ2v) is 5.58. The van der Waals surface area contributed by atoms with Gasteiger partial charge in [-0.2, -0.15) is 5.10 Å². The molecule has 24 heavy (non-hydrogen) atoms. The average Bonchev–Trinajstić information content (AvgIpc) is 2.93. The molecular weight excluding hydrogens is 329 g/mol. The molecule has 1 aromatic carbocycles. The van der Waals surface area contributed by atoms with Gasteiger partial charge in [-0.25, -0.2) is 18.9 Å². The first-order valence-corrected chi connectivity index (χ1v) is 7.52. The summed E-state index contributed by atoms with van der Waals surface area (Å²) in [5.41, 5.74) is 10.0. The van der Waals surface area contributed by atoms with Crippen LogP contribution in [0.25, 0.3) is 28.0 Å². The zero-order valence-electron chi connectivity index (χ0n) is 12.3. The number of halogens is 2. The normalized spacial score (nSPS) is 11.1. The first-order chi connectivity index (χ1) is 11.6. The van der Waals surface area contributed by atoms with Crippen LogP contribution in [0, 0.1) is 5.82 Å². The summed E-state index contributed by atoms with van der Waals surface area (Å²) in [6.07, 6.45) is 2.89. The number of nitrogen functional groups attached to an aromatic ring is 1. The Morgan fingerprint density at radius 3 is 2.79 bits per heavy atom. The predicted octanol–water partition coefficient (Wildman–Crippen LogP) is 3.83. The van der Waals surface area contributed by atoms with E-state index in [-0.39, 0.29) is 11.1 Å². The monoisotopic (exact) mass is 339 g/mol. The topological polar surface area (TPSA) is 69.1 Å². The molecule has 4 aromatic rings. The molecule has 2 N–H and O–H groups in total. The fourth-order valence-electron chi connectivity index (χ4n) is 2.64. The van der Waals surface area contributed by atoms with Gasteiger partial charge in [-0.05, 0) is 41.9 Å². The molecule has 0 aliphatic heterocycles. The summed E-state index contributed by atoms with van der Waals surface area (Å²) in [7, 11) is 0. The van der Waals surface area contributed by atoms with Gasteiger partial charge < -0.3 is 5.73 Å². The van der Waals surface area contributed by atoms with E-state index in [9.17, 15) is 4.39 Å². The molecule has 0 amide bonds. The van der Waals surface area contributed by atoms with Crippen LogP contribution in [0.15, 0.2) is 54.9 Å². The van der Waals surface area contributed by atoms with Crippen LogP contribution in [0.2, 0.25) is 5.28 Å². The van der Waals surface area contributed by atoms with Crippen molar-refractivity contribution in [3.05, 3.63) is 66.0 Å². The van der Waals surface area contributed by atoms with Crippen LogP contribution in [-0.2, 0) is 0 Å². The Labute approximate surface area is 141 Å². The molecule has 0 radical (unpaired) electrons. The van der Waals surface area contributed by atoms with Crippen LogP contribution in [-0.4, -0.2) is 19.6 Å². The van der Waals surface area contributed by atoms with E-state index >= 15 is 0 Å². The van der Waals surface area contributed by atoms with E-state index < -0.39 is 0 Å². The lowest BCUT2D eigenvalue weighted by molar-refractivity contribution is 0.615. The fourth-order valence-corrected chi connectivity index (χ4v) is 2.79. The van der Waals surface area contributed by atoms with Crippen molar-refractivity contribution in [3.8, 4) is 22.5 Å². The highest BCUT2D eigenvalue weighted by atomic mass is 35.5. The number of aromatic nitrogens is 4. The Morgan fingerprint density at radius 1 is 1.12 bits per heavy atom. The van der Waals surface area contributed by atoms with E-state index in [0.717, 1.165) is 11.1 Å². The number of benzene rings is 1. The molecule has 3 aromatic heterocycles. The number of hydrogen-bond donors (Lipinski definition) is 1. The molecule has 0 unspecified atom stereocenters. The molecular formula is C17H11ClFN5. The van der Waals surface area contributed by atoms with E-state index in [4.69, 9.17) is 17.3 Å². The van der Waals surface area contributed by atoms with Gasteiger partial charge in [0.25, 0.3) is 0 Å². The van der Waals surface area contributed by atoms with E-state index in [0.29, 0.717) is 22.6 Å². The summed E-state index contributed by atoms with van der Waals surface area (Å²) in [6, 6.07) is 12.1. The van der Waals surface area contributed by atoms with Gasteiger partial charge in [-0.1, -0.05) is 12.1 Å². The third-order valence-electron chi connectivity index (χ3n) is 3.64. The summed E-state index contributed by atoms with van der Waals surface area (Å²) >= 11 is 5.93. The van der Waals surface area contributed by atoms with Crippen molar-refractivity contribution < 1.29 is 4.39 Å². The minimum absolute atomic E-state index is 0.132. The van der Waals surface area contributed by atoms with E-state index in [2.05, 4.69) is 15.1 Å². The van der Waals surface area contributed by atoms with Crippen molar-refractivity contribution in [1.29, 1.82) is 0 Å². The highest BCUT2D eigenvalue weighted by Gasteiger charge is 2.18. The molecule has 5 nitrogen and oxygen atoms in total. The highest BCUT2D eigenvalue weighted by molar-refractivity contribution is 6.28. The summed E-state index contributed by atoms with van der Waals surface area (Å²) in [5.74, 6) is -0.378. The van der Waals surface area contributed by atoms with E-state index in [1.54, 1.807) is 24.4 Å². The van der Waals surface area contributed by atoms with Gasteiger partial charge >= 0.3 is 0 Å². The lowest BCUT2D eigenvalue weighted by atomic mass is 10.0. The number of anilines is 1. The summed E-state index contributed by atoms with van der Waals surface area (Å²) in [6.45, 7) is 0. The van der Waals surface area contributed by atoms with Gasteiger partial charge in [-0.15, -0.1) is 0 Å². The lowest BCUT2D eigenvalue weighted by Gasteiger charge is -2.04. The third kappa shape index (κ3) is 2.47. The lowest BCUT2D eigenvalue weighted by Crippen LogP contribution is -1.90. The Hall–Kier alpha value is -2.99. The number of pyridine rings is 1. The van der Waals surface area contributed by atoms with Crippen molar-refractivity contribution >= 4 is 22.8 Å². The summed E-state index contributed by atoms with van der Waals surface area (Å²) in [5, 5.41) is 4.64. The van der Waals surface area contributed by atoms with Gasteiger partial charge in [0.1, 0.15) is 11.5 Å². The van der Waals surface area contributed by atoms with Crippen molar-refractivity contribution in [1.82, 2.24) is 19.6 Å². The predicted molar refractivity (Wildman–Crippen MR) is 91.0 cm³/mol. The van der Waals surface area contributed by atoms with Crippen LogP contribution in [0.5, 0.6) is 0 Å². The van der Waals surface area contributed by atoms with Gasteiger partial charge in [0.15, 0.2) is 0 Å². The molecule has 0 bridgehead atoms. The Balaban J connectivity index is 2.07. The number of nitrogens with two attached hydrogens (primary N) is 1. The molecule has 4 rings (SSSR count). The summed E-state index contributed by atoms with van der Waals surface area (Å²) in [4.78, 5) is 8.18. The Kier molecular flexibility index (Phi) is 3.39. The third-order valence-corrected chi connectivity index (χ3v) is 3.82. The smallest absolute Gasteiger partial charge is 0.222 e. The van der Waals surface area contributed by atoms with Gasteiger partial charge in [0.2, 0.25) is 5.28 Å². The average molecular weight is 340 g/mol. The van der Waals surface area contributed by atoms with Crippen molar-refractivity contribution in [2.75, 3.05) is 5.73 Å².